The second-order valence-electron chi connectivity index (χ2n) is 9.56. The number of carbonyl (C=O) groups is 2. The normalized spacial score (nSPS) is 24.0. The summed E-state index contributed by atoms with van der Waals surface area (Å²) in [6, 6.07) is 4.95. The summed E-state index contributed by atoms with van der Waals surface area (Å²) in [4.78, 5) is 26.2. The number of nitrogens with one attached hydrogen (secondary N) is 2. The zero-order valence-corrected chi connectivity index (χ0v) is 20.2. The van der Waals surface area contributed by atoms with Crippen LogP contribution < -0.4 is 19.7 Å². The van der Waals surface area contributed by atoms with Gasteiger partial charge in [-0.05, 0) is 62.6 Å². The van der Waals surface area contributed by atoms with E-state index in [0.717, 1.165) is 38.5 Å². The number of carbonyl (C=O) groups excluding carboxylic acids is 2. The molecule has 2 aliphatic carbocycles. The smallest absolute Gasteiger partial charge is 0.240 e. The first-order chi connectivity index (χ1) is 15.8. The molecule has 0 bridgehead atoms. The van der Waals surface area contributed by atoms with E-state index in [-0.39, 0.29) is 28.5 Å². The van der Waals surface area contributed by atoms with Crippen LogP contribution >= 0.6 is 0 Å². The van der Waals surface area contributed by atoms with E-state index in [2.05, 4.69) is 10.0 Å². The molecule has 0 spiro atoms. The lowest BCUT2D eigenvalue weighted by Gasteiger charge is -2.30. The number of hydrogen-bond donors (Lipinski definition) is 2. The van der Waals surface area contributed by atoms with Crippen LogP contribution in [0.3, 0.4) is 0 Å². The van der Waals surface area contributed by atoms with Crippen molar-refractivity contribution in [3.63, 3.8) is 0 Å². The van der Waals surface area contributed by atoms with Crippen LogP contribution in [-0.4, -0.2) is 46.0 Å². The third-order valence-corrected chi connectivity index (χ3v) is 8.64. The minimum Gasteiger partial charge on any atom is -0.490 e. The van der Waals surface area contributed by atoms with Crippen LogP contribution in [0.5, 0.6) is 5.75 Å². The summed E-state index contributed by atoms with van der Waals surface area (Å²) >= 11 is 0. The Bertz CT molecular complexity index is 966. The van der Waals surface area contributed by atoms with Crippen molar-refractivity contribution in [3.05, 3.63) is 18.2 Å². The van der Waals surface area contributed by atoms with E-state index in [1.807, 2.05) is 0 Å². The van der Waals surface area contributed by atoms with E-state index in [0.29, 0.717) is 37.2 Å². The van der Waals surface area contributed by atoms with Gasteiger partial charge in [-0.25, -0.2) is 13.1 Å². The first-order valence-electron chi connectivity index (χ1n) is 12.2. The van der Waals surface area contributed by atoms with Crippen molar-refractivity contribution in [1.29, 1.82) is 0 Å². The van der Waals surface area contributed by atoms with Crippen LogP contribution in [0.4, 0.5) is 5.69 Å². The highest BCUT2D eigenvalue weighted by molar-refractivity contribution is 7.89. The molecule has 2 fully saturated rings. The summed E-state index contributed by atoms with van der Waals surface area (Å²) < 4.78 is 34.1. The highest BCUT2D eigenvalue weighted by atomic mass is 32.2. The van der Waals surface area contributed by atoms with Gasteiger partial charge in [-0.2, -0.15) is 0 Å². The van der Waals surface area contributed by atoms with Gasteiger partial charge >= 0.3 is 0 Å². The van der Waals surface area contributed by atoms with Crippen molar-refractivity contribution in [2.75, 3.05) is 24.6 Å². The van der Waals surface area contributed by atoms with Crippen molar-refractivity contribution in [2.24, 2.45) is 11.8 Å². The van der Waals surface area contributed by atoms with Gasteiger partial charge in [0.2, 0.25) is 21.8 Å². The molecule has 4 rings (SSSR count). The molecule has 33 heavy (non-hydrogen) atoms. The standard InChI is InChI=1S/C24H35N3O5S/c1-17(28)27-13-14-32-23-12-11-21(15-22(23)27)33(30,31)25-16-18-7-9-19(10-8-18)24(29)26-20-5-3-2-4-6-20/h11-12,15,18-20,25H,2-10,13-14,16H2,1H3,(H,26,29). The van der Waals surface area contributed by atoms with Gasteiger partial charge < -0.3 is 15.0 Å². The Morgan fingerprint density at radius 2 is 1.79 bits per heavy atom. The Labute approximate surface area is 196 Å². The molecule has 2 saturated carbocycles. The molecule has 8 nitrogen and oxygen atoms in total. The molecular weight excluding hydrogens is 442 g/mol. The lowest BCUT2D eigenvalue weighted by atomic mass is 9.81. The van der Waals surface area contributed by atoms with Crippen LogP contribution in [0, 0.1) is 11.8 Å². The molecule has 0 aromatic heterocycles. The van der Waals surface area contributed by atoms with E-state index >= 15 is 0 Å². The summed E-state index contributed by atoms with van der Waals surface area (Å²) in [5.74, 6) is 0.796. The van der Waals surface area contributed by atoms with E-state index in [1.54, 1.807) is 6.07 Å². The SMILES string of the molecule is CC(=O)N1CCOc2ccc(S(=O)(=O)NCC3CCC(C(=O)NC4CCCCC4)CC3)cc21. The lowest BCUT2D eigenvalue weighted by Crippen LogP contribution is -2.41. The first-order valence-corrected chi connectivity index (χ1v) is 13.7. The highest BCUT2D eigenvalue weighted by Crippen LogP contribution is 2.34. The Kier molecular flexibility index (Phi) is 7.58. The number of hydrogen-bond acceptors (Lipinski definition) is 5. The third kappa shape index (κ3) is 5.87. The molecule has 0 saturated heterocycles. The van der Waals surface area contributed by atoms with E-state index in [4.69, 9.17) is 4.74 Å². The first kappa shape index (κ1) is 24.0. The number of benzene rings is 1. The Hall–Kier alpha value is -2.13. The largest absolute Gasteiger partial charge is 0.490 e. The Morgan fingerprint density at radius 3 is 2.48 bits per heavy atom. The van der Waals surface area contributed by atoms with Gasteiger partial charge in [0.05, 0.1) is 17.1 Å². The van der Waals surface area contributed by atoms with Gasteiger partial charge in [-0.15, -0.1) is 0 Å². The maximum atomic E-state index is 12.9. The predicted octanol–water partition coefficient (Wildman–Crippen LogP) is 2.97. The molecule has 0 unspecified atom stereocenters. The molecule has 2 N–H and O–H groups in total. The monoisotopic (exact) mass is 477 g/mol. The number of fused-ring (bicyclic) bond motifs is 1. The van der Waals surface area contributed by atoms with Gasteiger partial charge in [0.25, 0.3) is 0 Å². The quantitative estimate of drug-likeness (QED) is 0.655. The summed E-state index contributed by atoms with van der Waals surface area (Å²) in [6.45, 7) is 2.60. The topological polar surface area (TPSA) is 105 Å². The fourth-order valence-electron chi connectivity index (χ4n) is 5.20. The maximum Gasteiger partial charge on any atom is 0.240 e. The minimum atomic E-state index is -3.71. The van der Waals surface area contributed by atoms with Gasteiger partial charge in [0, 0.05) is 25.4 Å². The second-order valence-corrected chi connectivity index (χ2v) is 11.3. The lowest BCUT2D eigenvalue weighted by molar-refractivity contribution is -0.127. The Balaban J connectivity index is 1.29. The predicted molar refractivity (Wildman–Crippen MR) is 126 cm³/mol. The van der Waals surface area contributed by atoms with Gasteiger partial charge in [0.1, 0.15) is 12.4 Å². The van der Waals surface area contributed by atoms with Crippen LogP contribution in [0.15, 0.2) is 23.1 Å². The molecule has 0 atom stereocenters. The molecule has 1 aromatic carbocycles. The van der Waals surface area contributed by atoms with Crippen molar-refractivity contribution >= 4 is 27.5 Å². The highest BCUT2D eigenvalue weighted by Gasteiger charge is 2.29. The molecule has 1 aromatic rings. The summed E-state index contributed by atoms with van der Waals surface area (Å²) in [7, 11) is -3.71. The third-order valence-electron chi connectivity index (χ3n) is 7.22. The molecule has 1 heterocycles. The van der Waals surface area contributed by atoms with E-state index in [1.165, 1.54) is 43.2 Å². The maximum absolute atomic E-state index is 12.9. The molecule has 182 valence electrons. The van der Waals surface area contributed by atoms with Crippen LogP contribution in [0.1, 0.15) is 64.7 Å². The second kappa shape index (κ2) is 10.4. The van der Waals surface area contributed by atoms with Crippen molar-refractivity contribution < 1.29 is 22.7 Å². The minimum absolute atomic E-state index is 0.0398. The molecule has 2 amide bonds. The zero-order chi connectivity index (χ0) is 23.4. The summed E-state index contributed by atoms with van der Waals surface area (Å²) in [5.41, 5.74) is 0.487. The van der Waals surface area contributed by atoms with Crippen LogP contribution in [0.25, 0.3) is 0 Å². The van der Waals surface area contributed by atoms with Crippen molar-refractivity contribution in [3.8, 4) is 5.75 Å². The fraction of sp³-hybridized carbons (Fsp3) is 0.667. The number of amides is 2. The van der Waals surface area contributed by atoms with Crippen LogP contribution in [-0.2, 0) is 19.6 Å². The Morgan fingerprint density at radius 1 is 1.06 bits per heavy atom. The molecule has 1 aliphatic heterocycles. The molecule has 9 heteroatoms. The molecular formula is C24H35N3O5S. The average molecular weight is 478 g/mol. The number of rotatable bonds is 6. The number of anilines is 1. The van der Waals surface area contributed by atoms with Gasteiger partial charge in [0.15, 0.2) is 0 Å². The van der Waals surface area contributed by atoms with Gasteiger partial charge in [-0.3, -0.25) is 9.59 Å². The van der Waals surface area contributed by atoms with Gasteiger partial charge in [-0.1, -0.05) is 19.3 Å². The van der Waals surface area contributed by atoms with Crippen molar-refractivity contribution in [1.82, 2.24) is 10.0 Å². The number of nitrogens with zero attached hydrogens (tertiary/aromatic N) is 1. The number of ether oxygens (including phenoxy) is 1. The van der Waals surface area contributed by atoms with E-state index in [9.17, 15) is 18.0 Å². The molecule has 3 aliphatic rings. The zero-order valence-electron chi connectivity index (χ0n) is 19.3. The fourth-order valence-corrected chi connectivity index (χ4v) is 6.33. The average Bonchev–Trinajstić information content (AvgIpc) is 2.83. The van der Waals surface area contributed by atoms with E-state index < -0.39 is 10.0 Å². The summed E-state index contributed by atoms with van der Waals surface area (Å²) in [6.07, 6.45) is 9.10. The van der Waals surface area contributed by atoms with Crippen LogP contribution in [0.2, 0.25) is 0 Å². The summed E-state index contributed by atoms with van der Waals surface area (Å²) in [5, 5.41) is 3.23. The molecule has 0 radical (unpaired) electrons. The van der Waals surface area contributed by atoms with Crippen molar-refractivity contribution in [2.45, 2.75) is 75.6 Å². The number of sulfonamides is 1.